The molecule has 0 unspecified atom stereocenters. The van der Waals surface area contributed by atoms with Crippen LogP contribution in [0.4, 0.5) is 5.69 Å². The van der Waals surface area contributed by atoms with Crippen molar-refractivity contribution >= 4 is 17.5 Å². The molecule has 2 amide bonds. The van der Waals surface area contributed by atoms with Crippen LogP contribution in [0.25, 0.3) is 0 Å². The number of hydrogen-bond donors (Lipinski definition) is 1. The normalized spacial score (nSPS) is 14.0. The number of ether oxygens (including phenoxy) is 1. The SMILES string of the molecule is COc1cccc(NC(=O)C2CN(C(=O)c3cnc(C)nc3C)C2)c1. The molecule has 7 heteroatoms. The van der Waals surface area contributed by atoms with Crippen LogP contribution in [0.2, 0.25) is 0 Å². The molecule has 1 aromatic carbocycles. The Morgan fingerprint density at radius 2 is 2.04 bits per heavy atom. The molecular formula is C18H20N4O3. The van der Waals surface area contributed by atoms with Crippen LogP contribution in [0.3, 0.4) is 0 Å². The third kappa shape index (κ3) is 3.60. The summed E-state index contributed by atoms with van der Waals surface area (Å²) in [5, 5.41) is 2.86. The maximum Gasteiger partial charge on any atom is 0.257 e. The van der Waals surface area contributed by atoms with E-state index in [1.807, 2.05) is 12.1 Å². The van der Waals surface area contributed by atoms with Gasteiger partial charge in [-0.05, 0) is 26.0 Å². The van der Waals surface area contributed by atoms with Gasteiger partial charge in [0.2, 0.25) is 5.91 Å². The highest BCUT2D eigenvalue weighted by Gasteiger charge is 2.36. The van der Waals surface area contributed by atoms with Crippen molar-refractivity contribution in [1.82, 2.24) is 14.9 Å². The van der Waals surface area contributed by atoms with Gasteiger partial charge < -0.3 is 15.0 Å². The third-order valence-corrected chi connectivity index (χ3v) is 4.21. The van der Waals surface area contributed by atoms with Gasteiger partial charge in [0, 0.05) is 31.0 Å². The highest BCUT2D eigenvalue weighted by molar-refractivity contribution is 5.99. The van der Waals surface area contributed by atoms with Crippen molar-refractivity contribution < 1.29 is 14.3 Å². The van der Waals surface area contributed by atoms with Gasteiger partial charge in [0.1, 0.15) is 11.6 Å². The third-order valence-electron chi connectivity index (χ3n) is 4.21. The first-order valence-corrected chi connectivity index (χ1v) is 8.02. The Bertz CT molecular complexity index is 816. The molecule has 25 heavy (non-hydrogen) atoms. The zero-order valence-electron chi connectivity index (χ0n) is 14.4. The first-order chi connectivity index (χ1) is 12.0. The summed E-state index contributed by atoms with van der Waals surface area (Å²) in [7, 11) is 1.58. The zero-order chi connectivity index (χ0) is 18.0. The van der Waals surface area contributed by atoms with Gasteiger partial charge >= 0.3 is 0 Å². The maximum atomic E-state index is 12.5. The van der Waals surface area contributed by atoms with Gasteiger partial charge in [-0.1, -0.05) is 6.07 Å². The van der Waals surface area contributed by atoms with Crippen molar-refractivity contribution in [2.75, 3.05) is 25.5 Å². The van der Waals surface area contributed by atoms with E-state index in [4.69, 9.17) is 4.74 Å². The van der Waals surface area contributed by atoms with Crippen LogP contribution in [0.1, 0.15) is 21.9 Å². The second kappa shape index (κ2) is 6.88. The molecule has 0 saturated carbocycles. The minimum atomic E-state index is -0.221. The maximum absolute atomic E-state index is 12.5. The first kappa shape index (κ1) is 16.9. The number of carbonyl (C=O) groups excluding carboxylic acids is 2. The lowest BCUT2D eigenvalue weighted by Gasteiger charge is -2.38. The van der Waals surface area contributed by atoms with Gasteiger partial charge in [0.05, 0.1) is 24.3 Å². The Balaban J connectivity index is 1.58. The number of nitrogens with zero attached hydrogens (tertiary/aromatic N) is 3. The summed E-state index contributed by atoms with van der Waals surface area (Å²) in [4.78, 5) is 34.7. The van der Waals surface area contributed by atoms with Crippen molar-refractivity contribution in [3.05, 3.63) is 47.5 Å². The van der Waals surface area contributed by atoms with E-state index >= 15 is 0 Å². The molecule has 2 heterocycles. The van der Waals surface area contributed by atoms with Gasteiger partial charge in [0.15, 0.2) is 0 Å². The molecule has 3 rings (SSSR count). The molecule has 0 aliphatic carbocycles. The number of aryl methyl sites for hydroxylation is 2. The number of carbonyl (C=O) groups is 2. The second-order valence-electron chi connectivity index (χ2n) is 6.04. The summed E-state index contributed by atoms with van der Waals surface area (Å²) in [6.45, 7) is 4.35. The minimum Gasteiger partial charge on any atom is -0.497 e. The van der Waals surface area contributed by atoms with Crippen molar-refractivity contribution in [2.45, 2.75) is 13.8 Å². The van der Waals surface area contributed by atoms with Crippen molar-refractivity contribution in [3.8, 4) is 5.75 Å². The van der Waals surface area contributed by atoms with E-state index in [0.717, 1.165) is 0 Å². The lowest BCUT2D eigenvalue weighted by Crippen LogP contribution is -2.54. The average molecular weight is 340 g/mol. The molecule has 0 atom stereocenters. The molecule has 2 aromatic rings. The minimum absolute atomic E-state index is 0.103. The Hall–Kier alpha value is -2.96. The monoisotopic (exact) mass is 340 g/mol. The summed E-state index contributed by atoms with van der Waals surface area (Å²) in [6.07, 6.45) is 1.55. The summed E-state index contributed by atoms with van der Waals surface area (Å²) in [5.41, 5.74) is 1.82. The van der Waals surface area contributed by atoms with Gasteiger partial charge in [-0.2, -0.15) is 0 Å². The van der Waals surface area contributed by atoms with Gasteiger partial charge in [0.25, 0.3) is 5.91 Å². The predicted octanol–water partition coefficient (Wildman–Crippen LogP) is 1.81. The topological polar surface area (TPSA) is 84.4 Å². The molecule has 1 fully saturated rings. The van der Waals surface area contributed by atoms with Crippen LogP contribution in [-0.4, -0.2) is 46.9 Å². The molecule has 1 aliphatic rings. The molecule has 1 N–H and O–H groups in total. The molecule has 7 nitrogen and oxygen atoms in total. The summed E-state index contributed by atoms with van der Waals surface area (Å²) >= 11 is 0. The molecular weight excluding hydrogens is 320 g/mol. The Morgan fingerprint density at radius 1 is 1.28 bits per heavy atom. The highest BCUT2D eigenvalue weighted by atomic mass is 16.5. The number of nitrogens with one attached hydrogen (secondary N) is 1. The number of anilines is 1. The highest BCUT2D eigenvalue weighted by Crippen LogP contribution is 2.22. The molecule has 0 spiro atoms. The number of likely N-dealkylation sites (tertiary alicyclic amines) is 1. The Kier molecular flexibility index (Phi) is 4.65. The van der Waals surface area contributed by atoms with E-state index in [1.165, 1.54) is 0 Å². The Morgan fingerprint density at radius 3 is 2.72 bits per heavy atom. The summed E-state index contributed by atoms with van der Waals surface area (Å²) in [6, 6.07) is 7.18. The van der Waals surface area contributed by atoms with E-state index in [9.17, 15) is 9.59 Å². The van der Waals surface area contributed by atoms with Gasteiger partial charge in [-0.15, -0.1) is 0 Å². The number of amides is 2. The fourth-order valence-corrected chi connectivity index (χ4v) is 2.72. The van der Waals surface area contributed by atoms with Crippen LogP contribution in [0, 0.1) is 19.8 Å². The molecule has 0 radical (unpaired) electrons. The fourth-order valence-electron chi connectivity index (χ4n) is 2.72. The Labute approximate surface area is 146 Å². The number of methoxy groups -OCH3 is 1. The lowest BCUT2D eigenvalue weighted by molar-refractivity contribution is -0.123. The van der Waals surface area contributed by atoms with Crippen LogP contribution >= 0.6 is 0 Å². The number of aromatic nitrogens is 2. The van der Waals surface area contributed by atoms with Crippen molar-refractivity contribution in [1.29, 1.82) is 0 Å². The predicted molar refractivity (Wildman–Crippen MR) is 92.5 cm³/mol. The first-order valence-electron chi connectivity index (χ1n) is 8.02. The number of rotatable bonds is 4. The smallest absolute Gasteiger partial charge is 0.257 e. The molecule has 0 bridgehead atoms. The summed E-state index contributed by atoms with van der Waals surface area (Å²) < 4.78 is 5.14. The number of hydrogen-bond acceptors (Lipinski definition) is 5. The van der Waals surface area contributed by atoms with Crippen LogP contribution in [-0.2, 0) is 4.79 Å². The fraction of sp³-hybridized carbons (Fsp3) is 0.333. The van der Waals surface area contributed by atoms with E-state index in [1.54, 1.807) is 44.2 Å². The lowest BCUT2D eigenvalue weighted by atomic mass is 9.97. The van der Waals surface area contributed by atoms with Crippen LogP contribution < -0.4 is 10.1 Å². The summed E-state index contributed by atoms with van der Waals surface area (Å²) in [5.74, 6) is 0.852. The molecule has 1 aromatic heterocycles. The van der Waals surface area contributed by atoms with Crippen LogP contribution in [0.15, 0.2) is 30.5 Å². The number of benzene rings is 1. The molecule has 1 saturated heterocycles. The largest absolute Gasteiger partial charge is 0.497 e. The van der Waals surface area contributed by atoms with E-state index < -0.39 is 0 Å². The van der Waals surface area contributed by atoms with E-state index in [2.05, 4.69) is 15.3 Å². The molecule has 130 valence electrons. The zero-order valence-corrected chi connectivity index (χ0v) is 14.4. The van der Waals surface area contributed by atoms with Crippen LogP contribution in [0.5, 0.6) is 5.75 Å². The standard InChI is InChI=1S/C18H20N4O3/c1-11-16(8-19-12(2)20-11)18(24)22-9-13(10-22)17(23)21-14-5-4-6-15(7-14)25-3/h4-8,13H,9-10H2,1-3H3,(H,21,23). The second-order valence-corrected chi connectivity index (χ2v) is 6.04. The van der Waals surface area contributed by atoms with Gasteiger partial charge in [-0.25, -0.2) is 9.97 Å². The van der Waals surface area contributed by atoms with Crippen molar-refractivity contribution in [2.24, 2.45) is 5.92 Å². The average Bonchev–Trinajstić information content (AvgIpc) is 2.53. The quantitative estimate of drug-likeness (QED) is 0.918. The van der Waals surface area contributed by atoms with E-state index in [-0.39, 0.29) is 17.7 Å². The molecule has 1 aliphatic heterocycles. The van der Waals surface area contributed by atoms with E-state index in [0.29, 0.717) is 41.6 Å². The van der Waals surface area contributed by atoms with Gasteiger partial charge in [-0.3, -0.25) is 9.59 Å². The van der Waals surface area contributed by atoms with Crippen molar-refractivity contribution in [3.63, 3.8) is 0 Å².